The highest BCUT2D eigenvalue weighted by atomic mass is 79.9. The molecule has 1 aliphatic rings. The SMILES string of the molecule is COCCn1cc(C(=O)N2CCC(c3cc(CN)ccc3F)CC2)c2c(Br)cccc21.Cl. The molecule has 1 aromatic heterocycles. The summed E-state index contributed by atoms with van der Waals surface area (Å²) >= 11 is 3.62. The van der Waals surface area contributed by atoms with Crippen LogP contribution in [0, 0.1) is 5.82 Å². The highest BCUT2D eigenvalue weighted by Gasteiger charge is 2.28. The summed E-state index contributed by atoms with van der Waals surface area (Å²) in [5.41, 5.74) is 9.07. The third-order valence-electron chi connectivity index (χ3n) is 6.14. The van der Waals surface area contributed by atoms with Gasteiger partial charge in [0.25, 0.3) is 5.91 Å². The van der Waals surface area contributed by atoms with Crippen molar-refractivity contribution in [3.05, 3.63) is 69.6 Å². The molecule has 1 fully saturated rings. The van der Waals surface area contributed by atoms with Crippen LogP contribution in [0.25, 0.3) is 10.9 Å². The normalized spacial score (nSPS) is 14.6. The van der Waals surface area contributed by atoms with Crippen molar-refractivity contribution < 1.29 is 13.9 Å². The first kappa shape index (κ1) is 24.7. The Kier molecular flexibility index (Phi) is 8.33. The lowest BCUT2D eigenvalue weighted by Gasteiger charge is -2.32. The Hall–Kier alpha value is -1.93. The zero-order valence-electron chi connectivity index (χ0n) is 18.0. The van der Waals surface area contributed by atoms with Gasteiger partial charge in [0.1, 0.15) is 5.82 Å². The Balaban J connectivity index is 0.00000289. The van der Waals surface area contributed by atoms with E-state index in [1.165, 1.54) is 6.07 Å². The number of nitrogens with two attached hydrogens (primary N) is 1. The van der Waals surface area contributed by atoms with Crippen molar-refractivity contribution in [2.24, 2.45) is 5.73 Å². The lowest BCUT2D eigenvalue weighted by molar-refractivity contribution is 0.0714. The van der Waals surface area contributed by atoms with Crippen molar-refractivity contribution in [2.75, 3.05) is 26.8 Å². The molecule has 1 amide bonds. The highest BCUT2D eigenvalue weighted by molar-refractivity contribution is 9.10. The summed E-state index contributed by atoms with van der Waals surface area (Å²) in [7, 11) is 1.67. The summed E-state index contributed by atoms with van der Waals surface area (Å²) in [4.78, 5) is 15.3. The van der Waals surface area contributed by atoms with Crippen LogP contribution in [0.1, 0.15) is 40.2 Å². The number of piperidine rings is 1. The summed E-state index contributed by atoms with van der Waals surface area (Å²) in [5.74, 6) is -0.0693. The van der Waals surface area contributed by atoms with Gasteiger partial charge in [0.15, 0.2) is 0 Å². The zero-order valence-corrected chi connectivity index (χ0v) is 20.4. The fraction of sp³-hybridized carbons (Fsp3) is 0.375. The van der Waals surface area contributed by atoms with Gasteiger partial charge in [-0.05, 0) is 48.1 Å². The van der Waals surface area contributed by atoms with Gasteiger partial charge in [-0.15, -0.1) is 12.4 Å². The monoisotopic (exact) mass is 523 g/mol. The van der Waals surface area contributed by atoms with E-state index in [0.717, 1.165) is 33.8 Å². The first-order chi connectivity index (χ1) is 15.0. The van der Waals surface area contributed by atoms with Crippen molar-refractivity contribution in [3.8, 4) is 0 Å². The first-order valence-corrected chi connectivity index (χ1v) is 11.4. The van der Waals surface area contributed by atoms with Crippen LogP contribution in [-0.4, -0.2) is 42.2 Å². The van der Waals surface area contributed by atoms with E-state index in [-0.39, 0.29) is 30.0 Å². The minimum absolute atomic E-state index is 0. The quantitative estimate of drug-likeness (QED) is 0.489. The molecule has 0 bridgehead atoms. The fourth-order valence-corrected chi connectivity index (χ4v) is 5.01. The molecule has 0 spiro atoms. The van der Waals surface area contributed by atoms with Crippen LogP contribution >= 0.6 is 28.3 Å². The lowest BCUT2D eigenvalue weighted by atomic mass is 9.88. The number of aromatic nitrogens is 1. The summed E-state index contributed by atoms with van der Waals surface area (Å²) in [5, 5.41) is 0.924. The molecule has 0 unspecified atom stereocenters. The first-order valence-electron chi connectivity index (χ1n) is 10.6. The van der Waals surface area contributed by atoms with Gasteiger partial charge in [0.05, 0.1) is 17.7 Å². The van der Waals surface area contributed by atoms with Crippen LogP contribution in [0.4, 0.5) is 4.39 Å². The third-order valence-corrected chi connectivity index (χ3v) is 6.80. The number of halogens is 3. The Labute approximate surface area is 202 Å². The maximum Gasteiger partial charge on any atom is 0.256 e. The molecule has 2 N–H and O–H groups in total. The third kappa shape index (κ3) is 4.86. The molecule has 172 valence electrons. The van der Waals surface area contributed by atoms with Crippen LogP contribution < -0.4 is 5.73 Å². The van der Waals surface area contributed by atoms with E-state index in [4.69, 9.17) is 10.5 Å². The molecule has 1 aliphatic heterocycles. The second kappa shape index (κ2) is 10.8. The number of ether oxygens (including phenoxy) is 1. The second-order valence-corrected chi connectivity index (χ2v) is 8.84. The van der Waals surface area contributed by atoms with Crippen molar-refractivity contribution in [2.45, 2.75) is 31.8 Å². The molecule has 32 heavy (non-hydrogen) atoms. The van der Waals surface area contributed by atoms with E-state index >= 15 is 0 Å². The molecule has 0 radical (unpaired) electrons. The fourth-order valence-electron chi connectivity index (χ4n) is 4.44. The number of likely N-dealkylation sites (tertiary alicyclic amines) is 1. The number of carbonyl (C=O) groups excluding carboxylic acids is 1. The van der Waals surface area contributed by atoms with Crippen molar-refractivity contribution >= 4 is 45.1 Å². The van der Waals surface area contributed by atoms with E-state index in [2.05, 4.69) is 20.5 Å². The molecule has 0 atom stereocenters. The van der Waals surface area contributed by atoms with Gasteiger partial charge in [-0.2, -0.15) is 0 Å². The van der Waals surface area contributed by atoms with E-state index in [1.54, 1.807) is 13.2 Å². The number of rotatable bonds is 6. The zero-order chi connectivity index (χ0) is 22.0. The van der Waals surface area contributed by atoms with Crippen LogP contribution in [0.15, 0.2) is 47.1 Å². The Bertz CT molecular complexity index is 1100. The van der Waals surface area contributed by atoms with Gasteiger partial charge >= 0.3 is 0 Å². The maximum atomic E-state index is 14.4. The number of benzene rings is 2. The lowest BCUT2D eigenvalue weighted by Crippen LogP contribution is -2.38. The predicted octanol–water partition coefficient (Wildman–Crippen LogP) is 5.09. The molecular formula is C24H28BrClFN3O2. The molecule has 1 saturated heterocycles. The van der Waals surface area contributed by atoms with Gasteiger partial charge in [-0.1, -0.05) is 34.1 Å². The summed E-state index contributed by atoms with van der Waals surface area (Å²) in [6.45, 7) is 2.85. The number of hydrogen-bond acceptors (Lipinski definition) is 3. The molecular weight excluding hydrogens is 497 g/mol. The molecule has 0 aliphatic carbocycles. The van der Waals surface area contributed by atoms with E-state index in [1.807, 2.05) is 35.4 Å². The molecule has 2 aromatic carbocycles. The van der Waals surface area contributed by atoms with E-state index in [0.29, 0.717) is 43.9 Å². The standard InChI is InChI=1S/C24H27BrFN3O2.ClH/c1-31-12-11-29-15-19(23-20(25)3-2-4-22(23)29)24(30)28-9-7-17(8-10-28)18-13-16(14-27)5-6-21(18)26;/h2-6,13,15,17H,7-12,14,27H2,1H3;1H. The average molecular weight is 525 g/mol. The number of nitrogens with zero attached hydrogens (tertiary/aromatic N) is 2. The summed E-state index contributed by atoms with van der Waals surface area (Å²) in [6, 6.07) is 11.1. The van der Waals surface area contributed by atoms with Crippen LogP contribution in [-0.2, 0) is 17.8 Å². The van der Waals surface area contributed by atoms with Crippen molar-refractivity contribution in [3.63, 3.8) is 0 Å². The van der Waals surface area contributed by atoms with Crippen LogP contribution in [0.3, 0.4) is 0 Å². The van der Waals surface area contributed by atoms with Crippen LogP contribution in [0.2, 0.25) is 0 Å². The molecule has 3 aromatic rings. The number of amides is 1. The topological polar surface area (TPSA) is 60.5 Å². The van der Waals surface area contributed by atoms with Crippen LogP contribution in [0.5, 0.6) is 0 Å². The smallest absolute Gasteiger partial charge is 0.256 e. The Morgan fingerprint density at radius 3 is 2.69 bits per heavy atom. The van der Waals surface area contributed by atoms with Gasteiger partial charge in [-0.3, -0.25) is 4.79 Å². The molecule has 0 saturated carbocycles. The second-order valence-electron chi connectivity index (χ2n) is 7.99. The number of methoxy groups -OCH3 is 1. The van der Waals surface area contributed by atoms with E-state index < -0.39 is 0 Å². The minimum Gasteiger partial charge on any atom is -0.383 e. The van der Waals surface area contributed by atoms with Gasteiger partial charge in [0.2, 0.25) is 0 Å². The molecule has 8 heteroatoms. The highest BCUT2D eigenvalue weighted by Crippen LogP contribution is 2.34. The molecule has 5 nitrogen and oxygen atoms in total. The van der Waals surface area contributed by atoms with Crippen molar-refractivity contribution in [1.29, 1.82) is 0 Å². The summed E-state index contributed by atoms with van der Waals surface area (Å²) in [6.07, 6.45) is 3.40. The summed E-state index contributed by atoms with van der Waals surface area (Å²) < 4.78 is 22.6. The van der Waals surface area contributed by atoms with Gasteiger partial charge in [-0.25, -0.2) is 4.39 Å². The number of fused-ring (bicyclic) bond motifs is 1. The maximum absolute atomic E-state index is 14.4. The number of hydrogen-bond donors (Lipinski definition) is 1. The largest absolute Gasteiger partial charge is 0.383 e. The average Bonchev–Trinajstić information content (AvgIpc) is 3.17. The Morgan fingerprint density at radius 1 is 1.25 bits per heavy atom. The van der Waals surface area contributed by atoms with Gasteiger partial charge < -0.3 is 19.9 Å². The number of carbonyl (C=O) groups is 1. The van der Waals surface area contributed by atoms with E-state index in [9.17, 15) is 9.18 Å². The minimum atomic E-state index is -0.188. The predicted molar refractivity (Wildman–Crippen MR) is 131 cm³/mol. The Morgan fingerprint density at radius 2 is 2.00 bits per heavy atom. The van der Waals surface area contributed by atoms with Gasteiger partial charge in [0, 0.05) is 49.3 Å². The van der Waals surface area contributed by atoms with Crippen molar-refractivity contribution in [1.82, 2.24) is 9.47 Å². The molecule has 2 heterocycles. The molecule has 4 rings (SSSR count).